The van der Waals surface area contributed by atoms with Crippen molar-refractivity contribution < 1.29 is 5.11 Å². The Balaban J connectivity index is 0.000001000. The van der Waals surface area contributed by atoms with Gasteiger partial charge in [-0.1, -0.05) is 37.3 Å². The second-order valence-electron chi connectivity index (χ2n) is 2.33. The van der Waals surface area contributed by atoms with E-state index in [-0.39, 0.29) is 35.7 Å². The van der Waals surface area contributed by atoms with Crippen LogP contribution in [0.25, 0.3) is 0 Å². The molecule has 1 nitrogen and oxygen atoms in total. The summed E-state index contributed by atoms with van der Waals surface area (Å²) in [7, 11) is 0. The monoisotopic (exact) mass is 160 g/mol. The number of hydrogen-bond acceptors (Lipinski definition) is 1. The third kappa shape index (κ3) is 3.39. The number of benzene rings is 1. The van der Waals surface area contributed by atoms with Crippen LogP contribution in [0.3, 0.4) is 0 Å². The molecule has 1 aromatic rings. The predicted molar refractivity (Wildman–Crippen MR) is 48.8 cm³/mol. The molecule has 56 valence electrons. The first-order valence-corrected chi connectivity index (χ1v) is 3.57. The minimum absolute atomic E-state index is 0. The molecule has 0 radical (unpaired) electrons. The minimum atomic E-state index is -0.291. The Kier molecular flexibility index (Phi) is 5.88. The van der Waals surface area contributed by atoms with Crippen molar-refractivity contribution in [2.45, 2.75) is 19.4 Å². The van der Waals surface area contributed by atoms with Crippen molar-refractivity contribution in [2.24, 2.45) is 0 Å². The van der Waals surface area contributed by atoms with E-state index in [9.17, 15) is 5.11 Å². The van der Waals surface area contributed by atoms with E-state index in [0.29, 0.717) is 0 Å². The van der Waals surface area contributed by atoms with E-state index in [2.05, 4.69) is 0 Å². The maximum atomic E-state index is 9.33. The zero-order valence-corrected chi connectivity index (χ0v) is 6.12. The molecule has 0 amide bonds. The Morgan fingerprint density at radius 1 is 1.27 bits per heavy atom. The van der Waals surface area contributed by atoms with E-state index < -0.39 is 0 Å². The van der Waals surface area contributed by atoms with Gasteiger partial charge in [-0.25, -0.2) is 0 Å². The fraction of sp³-hybridized carbons (Fsp3) is 0.333. The van der Waals surface area contributed by atoms with Crippen molar-refractivity contribution in [3.63, 3.8) is 0 Å². The summed E-state index contributed by atoms with van der Waals surface area (Å²) in [6.45, 7) is 1.97. The van der Waals surface area contributed by atoms with Crippen LogP contribution in [0.2, 0.25) is 0 Å². The molecule has 1 N–H and O–H groups in total. The molecule has 2 heteroatoms. The Bertz CT molecular complexity index is 186. The number of aliphatic hydroxyl groups is 1. The molecule has 1 rings (SSSR count). The van der Waals surface area contributed by atoms with Crippen molar-refractivity contribution in [3.05, 3.63) is 35.9 Å². The number of aliphatic hydroxyl groups excluding tert-OH is 1. The van der Waals surface area contributed by atoms with Gasteiger partial charge < -0.3 is 5.11 Å². The fourth-order valence-corrected chi connectivity index (χ4v) is 0.911. The maximum absolute atomic E-state index is 9.33. The molecule has 0 saturated heterocycles. The van der Waals surface area contributed by atoms with Gasteiger partial charge in [-0.15, -0.1) is 0 Å². The van der Waals surface area contributed by atoms with Gasteiger partial charge in [0.05, 0.1) is 6.10 Å². The van der Waals surface area contributed by atoms with Crippen LogP contribution in [-0.4, -0.2) is 34.7 Å². The second kappa shape index (κ2) is 5.78. The van der Waals surface area contributed by atoms with Gasteiger partial charge in [-0.3, -0.25) is 0 Å². The molecule has 0 heterocycles. The van der Waals surface area contributed by atoms with Crippen LogP contribution in [0.15, 0.2) is 30.3 Å². The predicted octanol–water partition coefficient (Wildman–Crippen LogP) is 1.48. The summed E-state index contributed by atoms with van der Waals surface area (Å²) < 4.78 is 0. The van der Waals surface area contributed by atoms with E-state index >= 15 is 0 Å². The molecule has 1 atom stereocenters. The Labute approximate surface area is 89.7 Å². The summed E-state index contributed by atoms with van der Waals surface area (Å²) in [6.07, 6.45) is 0.491. The van der Waals surface area contributed by atoms with Crippen LogP contribution in [0, 0.1) is 0 Å². The molecule has 0 aliphatic heterocycles. The van der Waals surface area contributed by atoms with Crippen LogP contribution in [-0.2, 0) is 0 Å². The third-order valence-electron chi connectivity index (χ3n) is 1.57. The zero-order valence-electron chi connectivity index (χ0n) is 6.12. The summed E-state index contributed by atoms with van der Waals surface area (Å²) in [5.74, 6) is 0. The van der Waals surface area contributed by atoms with Gasteiger partial charge >= 0.3 is 29.6 Å². The molecular formula is C9H13NaO. The second-order valence-corrected chi connectivity index (χ2v) is 2.33. The topological polar surface area (TPSA) is 20.2 Å². The molecule has 0 aromatic heterocycles. The van der Waals surface area contributed by atoms with Gasteiger partial charge in [0.2, 0.25) is 0 Å². The van der Waals surface area contributed by atoms with Crippen LogP contribution < -0.4 is 0 Å². The Morgan fingerprint density at radius 2 is 1.82 bits per heavy atom. The Morgan fingerprint density at radius 3 is 2.27 bits per heavy atom. The van der Waals surface area contributed by atoms with Crippen molar-refractivity contribution >= 4 is 29.6 Å². The van der Waals surface area contributed by atoms with Gasteiger partial charge in [0.25, 0.3) is 0 Å². The summed E-state index contributed by atoms with van der Waals surface area (Å²) in [5, 5.41) is 9.33. The molecule has 1 unspecified atom stereocenters. The average molecular weight is 160 g/mol. The Hall–Kier alpha value is 0.180. The normalized spacial score (nSPS) is 11.8. The van der Waals surface area contributed by atoms with Crippen molar-refractivity contribution in [1.82, 2.24) is 0 Å². The molecule has 1 aromatic carbocycles. The van der Waals surface area contributed by atoms with Gasteiger partial charge in [0.1, 0.15) is 0 Å². The number of hydrogen-bond donors (Lipinski definition) is 1. The van der Waals surface area contributed by atoms with E-state index in [0.717, 1.165) is 12.0 Å². The summed E-state index contributed by atoms with van der Waals surface area (Å²) >= 11 is 0. The summed E-state index contributed by atoms with van der Waals surface area (Å²) in [6, 6.07) is 9.70. The van der Waals surface area contributed by atoms with Gasteiger partial charge in [-0.2, -0.15) is 0 Å². The van der Waals surface area contributed by atoms with Crippen LogP contribution in [0.5, 0.6) is 0 Å². The molecular weight excluding hydrogens is 147 g/mol. The third-order valence-corrected chi connectivity index (χ3v) is 1.57. The number of rotatable bonds is 2. The van der Waals surface area contributed by atoms with Crippen LogP contribution >= 0.6 is 0 Å². The quantitative estimate of drug-likeness (QED) is 0.650. The standard InChI is InChI=1S/C9H12O.Na.H/c1-2-9(10)8-6-4-3-5-7-8;;/h3-7,9-10H,2H2,1H3;;. The van der Waals surface area contributed by atoms with Gasteiger partial charge in [0, 0.05) is 0 Å². The summed E-state index contributed by atoms with van der Waals surface area (Å²) in [4.78, 5) is 0. The first-order valence-electron chi connectivity index (χ1n) is 3.57. The van der Waals surface area contributed by atoms with Gasteiger partial charge in [-0.05, 0) is 12.0 Å². The first kappa shape index (κ1) is 11.2. The first-order chi connectivity index (χ1) is 4.84. The fourth-order valence-electron chi connectivity index (χ4n) is 0.911. The van der Waals surface area contributed by atoms with Crippen molar-refractivity contribution in [1.29, 1.82) is 0 Å². The average Bonchev–Trinajstić information content (AvgIpc) is 2.05. The molecule has 0 aliphatic rings. The van der Waals surface area contributed by atoms with Crippen LogP contribution in [0.4, 0.5) is 0 Å². The molecule has 11 heavy (non-hydrogen) atoms. The van der Waals surface area contributed by atoms with Gasteiger partial charge in [0.15, 0.2) is 0 Å². The van der Waals surface area contributed by atoms with E-state index in [1.807, 2.05) is 37.3 Å². The van der Waals surface area contributed by atoms with Crippen molar-refractivity contribution in [2.75, 3.05) is 0 Å². The van der Waals surface area contributed by atoms with Crippen LogP contribution in [0.1, 0.15) is 25.0 Å². The molecule has 0 bridgehead atoms. The summed E-state index contributed by atoms with van der Waals surface area (Å²) in [5.41, 5.74) is 1.00. The van der Waals surface area contributed by atoms with E-state index in [1.165, 1.54) is 0 Å². The SMILES string of the molecule is CCC(O)c1ccccc1.[NaH]. The zero-order chi connectivity index (χ0) is 7.40. The molecule has 0 saturated carbocycles. The molecule has 0 aliphatic carbocycles. The van der Waals surface area contributed by atoms with E-state index in [1.54, 1.807) is 0 Å². The van der Waals surface area contributed by atoms with Crippen molar-refractivity contribution in [3.8, 4) is 0 Å². The van der Waals surface area contributed by atoms with E-state index in [4.69, 9.17) is 0 Å². The molecule has 0 spiro atoms. The molecule has 0 fully saturated rings.